The molecule has 0 saturated carbocycles. The van der Waals surface area contributed by atoms with Gasteiger partial charge in [-0.15, -0.1) is 0 Å². The number of carbonyl (C=O) groups excluding carboxylic acids is 1. The number of anilines is 1. The van der Waals surface area contributed by atoms with Crippen LogP contribution in [0.4, 0.5) is 5.69 Å². The molecule has 0 aliphatic carbocycles. The van der Waals surface area contributed by atoms with Crippen LogP contribution in [0.1, 0.15) is 24.5 Å². The van der Waals surface area contributed by atoms with Crippen molar-refractivity contribution in [3.05, 3.63) is 95.0 Å². The van der Waals surface area contributed by atoms with E-state index in [2.05, 4.69) is 0 Å². The number of hydrogen-bond donors (Lipinski definition) is 1. The average Bonchev–Trinajstić information content (AvgIpc) is 2.82. The third-order valence-electron chi connectivity index (χ3n) is 5.70. The van der Waals surface area contributed by atoms with Crippen LogP contribution in [0.5, 0.6) is 5.75 Å². The molecular weight excluding hydrogens is 442 g/mol. The zero-order valence-corrected chi connectivity index (χ0v) is 18.9. The molecule has 1 aliphatic heterocycles. The van der Waals surface area contributed by atoms with Gasteiger partial charge in [0, 0.05) is 11.4 Å². The highest BCUT2D eigenvalue weighted by Crippen LogP contribution is 2.36. The van der Waals surface area contributed by atoms with Crippen molar-refractivity contribution in [3.63, 3.8) is 0 Å². The van der Waals surface area contributed by atoms with Crippen LogP contribution in [0, 0.1) is 0 Å². The maximum Gasteiger partial charge on any atom is 0.340 e. The third kappa shape index (κ3) is 4.87. The summed E-state index contributed by atoms with van der Waals surface area (Å²) in [5, 5.41) is 10.4. The number of benzene rings is 3. The molecule has 0 spiro atoms. The van der Waals surface area contributed by atoms with E-state index < -0.39 is 17.7 Å². The van der Waals surface area contributed by atoms with Gasteiger partial charge in [-0.1, -0.05) is 66.2 Å². The second-order valence-electron chi connectivity index (χ2n) is 7.97. The largest absolute Gasteiger partial charge is 0.479 e. The average molecular weight is 466 g/mol. The molecule has 3 aromatic rings. The summed E-state index contributed by atoms with van der Waals surface area (Å²) in [4.78, 5) is 27.0. The molecule has 170 valence electrons. The van der Waals surface area contributed by atoms with Gasteiger partial charge < -0.3 is 19.5 Å². The zero-order valence-electron chi connectivity index (χ0n) is 18.1. The number of halogens is 1. The molecule has 1 N–H and O–H groups in total. The van der Waals surface area contributed by atoms with Crippen LogP contribution < -0.4 is 9.64 Å². The first kappa shape index (κ1) is 22.8. The molecule has 0 aromatic heterocycles. The topological polar surface area (TPSA) is 76.1 Å². The van der Waals surface area contributed by atoms with Gasteiger partial charge >= 0.3 is 5.97 Å². The standard InChI is InChI=1S/C26H24ClNO5/c1-26(25(30)31,19-9-3-2-4-10-19)32-15-14-23-24(29)28(17-18-8-7-11-20(27)16-18)21-12-5-6-13-22(21)33-23/h2-13,16,23H,14-15,17H2,1H3,(H,30,31). The summed E-state index contributed by atoms with van der Waals surface area (Å²) >= 11 is 6.12. The fourth-order valence-electron chi connectivity index (χ4n) is 3.83. The molecule has 1 aliphatic rings. The summed E-state index contributed by atoms with van der Waals surface area (Å²) in [5.74, 6) is -0.722. The Kier molecular flexibility index (Phi) is 6.67. The minimum absolute atomic E-state index is 0.0290. The van der Waals surface area contributed by atoms with Crippen LogP contribution >= 0.6 is 11.6 Å². The summed E-state index contributed by atoms with van der Waals surface area (Å²) in [6.07, 6.45) is -0.595. The van der Waals surface area contributed by atoms with Crippen LogP contribution in [-0.4, -0.2) is 29.7 Å². The summed E-state index contributed by atoms with van der Waals surface area (Å²) in [6.45, 7) is 1.88. The summed E-state index contributed by atoms with van der Waals surface area (Å²) in [5.41, 5.74) is 0.572. The number of para-hydroxylation sites is 2. The van der Waals surface area contributed by atoms with Crippen LogP contribution in [0.25, 0.3) is 0 Å². The fourth-order valence-corrected chi connectivity index (χ4v) is 4.05. The van der Waals surface area contributed by atoms with E-state index in [9.17, 15) is 14.7 Å². The first-order valence-corrected chi connectivity index (χ1v) is 11.0. The van der Waals surface area contributed by atoms with Gasteiger partial charge in [-0.2, -0.15) is 0 Å². The lowest BCUT2D eigenvalue weighted by Gasteiger charge is -2.35. The molecule has 1 amide bonds. The van der Waals surface area contributed by atoms with E-state index in [1.807, 2.05) is 48.5 Å². The SMILES string of the molecule is CC(OCCC1Oc2ccccc2N(Cc2cccc(Cl)c2)C1=O)(C(=O)O)c1ccccc1. The smallest absolute Gasteiger partial charge is 0.340 e. The molecule has 2 unspecified atom stereocenters. The number of carboxylic acid groups (broad SMARTS) is 1. The highest BCUT2D eigenvalue weighted by Gasteiger charge is 2.38. The molecule has 0 fully saturated rings. The number of carbonyl (C=O) groups is 2. The predicted octanol–water partition coefficient (Wildman–Crippen LogP) is 5.04. The molecule has 2 atom stereocenters. The van der Waals surface area contributed by atoms with Crippen molar-refractivity contribution in [1.29, 1.82) is 0 Å². The molecule has 6 nitrogen and oxygen atoms in total. The van der Waals surface area contributed by atoms with Crippen molar-refractivity contribution in [1.82, 2.24) is 0 Å². The molecule has 7 heteroatoms. The lowest BCUT2D eigenvalue weighted by Crippen LogP contribution is -2.46. The number of rotatable bonds is 8. The van der Waals surface area contributed by atoms with E-state index in [1.165, 1.54) is 6.92 Å². The predicted molar refractivity (Wildman–Crippen MR) is 125 cm³/mol. The molecule has 0 bridgehead atoms. The lowest BCUT2D eigenvalue weighted by molar-refractivity contribution is -0.166. The Bertz CT molecular complexity index is 1150. The summed E-state index contributed by atoms with van der Waals surface area (Å²) in [7, 11) is 0. The van der Waals surface area contributed by atoms with Crippen molar-refractivity contribution in [2.75, 3.05) is 11.5 Å². The number of fused-ring (bicyclic) bond motifs is 1. The maximum atomic E-state index is 13.3. The number of carboxylic acids is 1. The Morgan fingerprint density at radius 1 is 1.09 bits per heavy atom. The summed E-state index contributed by atoms with van der Waals surface area (Å²) in [6, 6.07) is 23.5. The van der Waals surface area contributed by atoms with Gasteiger partial charge in [-0.05, 0) is 42.3 Å². The van der Waals surface area contributed by atoms with Crippen LogP contribution in [-0.2, 0) is 26.5 Å². The van der Waals surface area contributed by atoms with Gasteiger partial charge in [0.25, 0.3) is 5.91 Å². The van der Waals surface area contributed by atoms with E-state index in [0.29, 0.717) is 28.6 Å². The monoisotopic (exact) mass is 465 g/mol. The number of amides is 1. The van der Waals surface area contributed by atoms with Crippen LogP contribution in [0.15, 0.2) is 78.9 Å². The quantitative estimate of drug-likeness (QED) is 0.504. The van der Waals surface area contributed by atoms with Gasteiger partial charge in [0.15, 0.2) is 11.7 Å². The Morgan fingerprint density at radius 2 is 1.82 bits per heavy atom. The third-order valence-corrected chi connectivity index (χ3v) is 5.94. The van der Waals surface area contributed by atoms with Crippen LogP contribution in [0.2, 0.25) is 5.02 Å². The van der Waals surface area contributed by atoms with E-state index in [1.54, 1.807) is 35.2 Å². The van der Waals surface area contributed by atoms with E-state index in [0.717, 1.165) is 5.56 Å². The van der Waals surface area contributed by atoms with Gasteiger partial charge in [-0.25, -0.2) is 4.79 Å². The van der Waals surface area contributed by atoms with Gasteiger partial charge in [0.1, 0.15) is 5.75 Å². The van der Waals surface area contributed by atoms with Gasteiger partial charge in [0.05, 0.1) is 18.8 Å². The van der Waals surface area contributed by atoms with Crippen molar-refractivity contribution >= 4 is 29.2 Å². The zero-order chi connectivity index (χ0) is 23.4. The highest BCUT2D eigenvalue weighted by molar-refractivity contribution is 6.30. The molecule has 3 aromatic carbocycles. The first-order chi connectivity index (χ1) is 15.9. The molecule has 33 heavy (non-hydrogen) atoms. The maximum absolute atomic E-state index is 13.3. The van der Waals surface area contributed by atoms with Crippen LogP contribution in [0.3, 0.4) is 0 Å². The Morgan fingerprint density at radius 3 is 2.55 bits per heavy atom. The number of aliphatic carboxylic acids is 1. The Hall–Kier alpha value is -3.35. The number of hydrogen-bond acceptors (Lipinski definition) is 4. The summed E-state index contributed by atoms with van der Waals surface area (Å²) < 4.78 is 11.8. The first-order valence-electron chi connectivity index (χ1n) is 10.6. The van der Waals surface area contributed by atoms with Crippen molar-refractivity contribution in [2.45, 2.75) is 31.6 Å². The Balaban J connectivity index is 1.51. The van der Waals surface area contributed by atoms with E-state index in [-0.39, 0.29) is 18.9 Å². The second kappa shape index (κ2) is 9.65. The van der Waals surface area contributed by atoms with Gasteiger partial charge in [0.2, 0.25) is 0 Å². The lowest BCUT2D eigenvalue weighted by atomic mass is 9.96. The molecular formula is C26H24ClNO5. The number of nitrogens with zero attached hydrogens (tertiary/aromatic N) is 1. The van der Waals surface area contributed by atoms with E-state index in [4.69, 9.17) is 21.1 Å². The van der Waals surface area contributed by atoms with Crippen molar-refractivity contribution in [2.24, 2.45) is 0 Å². The van der Waals surface area contributed by atoms with E-state index >= 15 is 0 Å². The van der Waals surface area contributed by atoms with Crippen molar-refractivity contribution in [3.8, 4) is 5.75 Å². The van der Waals surface area contributed by atoms with Crippen molar-refractivity contribution < 1.29 is 24.2 Å². The normalized spacial score (nSPS) is 17.1. The highest BCUT2D eigenvalue weighted by atomic mass is 35.5. The minimum Gasteiger partial charge on any atom is -0.479 e. The number of ether oxygens (including phenoxy) is 2. The second-order valence-corrected chi connectivity index (χ2v) is 8.41. The molecule has 0 saturated heterocycles. The Labute approximate surface area is 197 Å². The molecule has 4 rings (SSSR count). The minimum atomic E-state index is -1.53. The molecule has 0 radical (unpaired) electrons. The van der Waals surface area contributed by atoms with Gasteiger partial charge in [-0.3, -0.25) is 4.79 Å². The fraction of sp³-hybridized carbons (Fsp3) is 0.231. The molecule has 1 heterocycles.